The Kier molecular flexibility index (Phi) is 3.41. The third-order valence-corrected chi connectivity index (χ3v) is 4.15. The number of carbonyl (C=O) groups excluding carboxylic acids is 2. The molecule has 0 bridgehead atoms. The number of carbonyl (C=O) groups is 2. The van der Waals surface area contributed by atoms with Crippen molar-refractivity contribution < 1.29 is 9.59 Å². The van der Waals surface area contributed by atoms with E-state index < -0.39 is 0 Å². The van der Waals surface area contributed by atoms with Gasteiger partial charge in [-0.2, -0.15) is 0 Å². The van der Waals surface area contributed by atoms with Gasteiger partial charge in [0.1, 0.15) is 0 Å². The average Bonchev–Trinajstić information content (AvgIpc) is 2.84. The molecule has 1 aliphatic rings. The zero-order valence-corrected chi connectivity index (χ0v) is 12.3. The lowest BCUT2D eigenvalue weighted by Crippen LogP contribution is -2.46. The fourth-order valence-electron chi connectivity index (χ4n) is 3.03. The van der Waals surface area contributed by atoms with E-state index in [1.807, 2.05) is 17.0 Å². The maximum atomic E-state index is 12.3. The Morgan fingerprint density at radius 3 is 3.00 bits per heavy atom. The van der Waals surface area contributed by atoms with Gasteiger partial charge >= 0.3 is 0 Å². The molecule has 21 heavy (non-hydrogen) atoms. The topological polar surface area (TPSA) is 56.4 Å². The molecule has 1 aromatic carbocycles. The third-order valence-electron chi connectivity index (χ3n) is 4.15. The van der Waals surface area contributed by atoms with Gasteiger partial charge in [-0.25, -0.2) is 0 Å². The van der Waals surface area contributed by atoms with E-state index in [-0.39, 0.29) is 18.5 Å². The van der Waals surface area contributed by atoms with Crippen LogP contribution in [-0.2, 0) is 22.6 Å². The van der Waals surface area contributed by atoms with Crippen molar-refractivity contribution in [2.75, 3.05) is 13.6 Å². The maximum Gasteiger partial charge on any atom is 0.242 e. The summed E-state index contributed by atoms with van der Waals surface area (Å²) in [5, 5.41) is 1.25. The summed E-state index contributed by atoms with van der Waals surface area (Å²) in [6.45, 7) is 2.77. The van der Waals surface area contributed by atoms with Crippen molar-refractivity contribution in [3.63, 3.8) is 0 Å². The summed E-state index contributed by atoms with van der Waals surface area (Å²) in [6, 6.07) is 8.37. The number of nitrogens with one attached hydrogen (secondary N) is 1. The largest absolute Gasteiger partial charge is 0.357 e. The van der Waals surface area contributed by atoms with Gasteiger partial charge in [-0.3, -0.25) is 9.59 Å². The molecule has 0 radical (unpaired) electrons. The van der Waals surface area contributed by atoms with Crippen LogP contribution in [0.2, 0.25) is 0 Å². The summed E-state index contributed by atoms with van der Waals surface area (Å²) >= 11 is 0. The van der Waals surface area contributed by atoms with Crippen molar-refractivity contribution in [1.29, 1.82) is 0 Å². The molecular formula is C16H19N3O2. The summed E-state index contributed by atoms with van der Waals surface area (Å²) in [5.74, 6) is -0.0126. The number of hydrogen-bond acceptors (Lipinski definition) is 2. The van der Waals surface area contributed by atoms with Crippen LogP contribution in [0.5, 0.6) is 0 Å². The molecule has 1 N–H and O–H groups in total. The van der Waals surface area contributed by atoms with Crippen LogP contribution < -0.4 is 0 Å². The molecule has 110 valence electrons. The minimum Gasteiger partial charge on any atom is -0.357 e. The average molecular weight is 285 g/mol. The Bertz CT molecular complexity index is 692. The van der Waals surface area contributed by atoms with E-state index in [9.17, 15) is 9.59 Å². The van der Waals surface area contributed by atoms with E-state index in [1.165, 1.54) is 15.8 Å². The smallest absolute Gasteiger partial charge is 0.242 e. The monoisotopic (exact) mass is 285 g/mol. The lowest BCUT2D eigenvalue weighted by atomic mass is 9.97. The normalized spacial score (nSPS) is 17.6. The molecule has 0 aliphatic carbocycles. The van der Waals surface area contributed by atoms with Gasteiger partial charge in [0.25, 0.3) is 0 Å². The van der Waals surface area contributed by atoms with Gasteiger partial charge < -0.3 is 14.8 Å². The minimum absolute atomic E-state index is 0.0126. The number of amides is 2. The van der Waals surface area contributed by atoms with Crippen LogP contribution in [0.25, 0.3) is 10.9 Å². The number of aromatic nitrogens is 1. The van der Waals surface area contributed by atoms with Gasteiger partial charge in [0.15, 0.2) is 0 Å². The van der Waals surface area contributed by atoms with Crippen LogP contribution in [0.1, 0.15) is 18.2 Å². The van der Waals surface area contributed by atoms with Crippen molar-refractivity contribution in [2.45, 2.75) is 25.9 Å². The second kappa shape index (κ2) is 5.24. The van der Waals surface area contributed by atoms with Crippen LogP contribution >= 0.6 is 0 Å². The molecule has 0 fully saturated rings. The second-order valence-corrected chi connectivity index (χ2v) is 5.72. The zero-order chi connectivity index (χ0) is 15.0. The molecule has 2 aromatic rings. The van der Waals surface area contributed by atoms with Gasteiger partial charge in [-0.15, -0.1) is 0 Å². The molecule has 3 rings (SSSR count). The number of nitrogens with zero attached hydrogens (tertiary/aromatic N) is 2. The summed E-state index contributed by atoms with van der Waals surface area (Å²) in [5.41, 5.74) is 3.54. The Morgan fingerprint density at radius 1 is 1.48 bits per heavy atom. The molecule has 0 spiro atoms. The van der Waals surface area contributed by atoms with Crippen LogP contribution in [0.4, 0.5) is 0 Å². The Labute approximate surface area is 123 Å². The number of benzene rings is 1. The molecule has 0 saturated heterocycles. The molecule has 5 heteroatoms. The first kappa shape index (κ1) is 13.7. The first-order valence-corrected chi connectivity index (χ1v) is 7.13. The van der Waals surface area contributed by atoms with Crippen molar-refractivity contribution in [3.05, 3.63) is 35.5 Å². The van der Waals surface area contributed by atoms with E-state index in [1.54, 1.807) is 7.05 Å². The Balaban J connectivity index is 1.88. The highest BCUT2D eigenvalue weighted by molar-refractivity contribution is 5.86. The Morgan fingerprint density at radius 2 is 2.24 bits per heavy atom. The predicted octanol–water partition coefficient (Wildman–Crippen LogP) is 1.53. The van der Waals surface area contributed by atoms with Crippen LogP contribution in [0.3, 0.4) is 0 Å². The van der Waals surface area contributed by atoms with Gasteiger partial charge in [0.2, 0.25) is 12.3 Å². The van der Waals surface area contributed by atoms with Crippen molar-refractivity contribution >= 4 is 23.2 Å². The highest BCUT2D eigenvalue weighted by Gasteiger charge is 2.29. The van der Waals surface area contributed by atoms with E-state index >= 15 is 0 Å². The number of fused-ring (bicyclic) bond motifs is 3. The van der Waals surface area contributed by atoms with E-state index in [2.05, 4.69) is 24.0 Å². The lowest BCUT2D eigenvalue weighted by molar-refractivity contribution is -0.137. The van der Waals surface area contributed by atoms with Gasteiger partial charge in [-0.1, -0.05) is 18.2 Å². The third kappa shape index (κ3) is 2.39. The molecular weight excluding hydrogens is 266 g/mol. The molecule has 1 atom stereocenters. The van der Waals surface area contributed by atoms with E-state index in [0.717, 1.165) is 17.6 Å². The van der Waals surface area contributed by atoms with E-state index in [0.29, 0.717) is 13.0 Å². The van der Waals surface area contributed by atoms with Gasteiger partial charge in [0, 0.05) is 29.7 Å². The SMILES string of the molecule is C[C@@H]1Cc2c([nH]c3ccccc23)CN1C(=O)CN(C)C=O. The quantitative estimate of drug-likeness (QED) is 0.870. The molecule has 2 heterocycles. The number of hydrogen-bond donors (Lipinski definition) is 1. The Hall–Kier alpha value is -2.30. The number of rotatable bonds is 3. The standard InChI is InChI=1S/C16H19N3O2/c1-11-7-13-12-5-3-4-6-14(12)17-15(13)8-19(11)16(21)9-18(2)10-20/h3-6,10-11,17H,7-9H2,1-2H3/t11-/m1/s1. The maximum absolute atomic E-state index is 12.3. The molecule has 2 amide bonds. The summed E-state index contributed by atoms with van der Waals surface area (Å²) < 4.78 is 0. The fourth-order valence-corrected chi connectivity index (χ4v) is 3.03. The summed E-state index contributed by atoms with van der Waals surface area (Å²) in [7, 11) is 1.62. The second-order valence-electron chi connectivity index (χ2n) is 5.72. The van der Waals surface area contributed by atoms with Crippen LogP contribution in [0.15, 0.2) is 24.3 Å². The minimum atomic E-state index is -0.0126. The molecule has 1 aromatic heterocycles. The predicted molar refractivity (Wildman–Crippen MR) is 80.7 cm³/mol. The van der Waals surface area contributed by atoms with E-state index in [4.69, 9.17) is 0 Å². The molecule has 0 saturated carbocycles. The molecule has 5 nitrogen and oxygen atoms in total. The first-order chi connectivity index (χ1) is 10.1. The van der Waals surface area contributed by atoms with Crippen molar-refractivity contribution in [1.82, 2.24) is 14.8 Å². The zero-order valence-electron chi connectivity index (χ0n) is 12.3. The van der Waals surface area contributed by atoms with Crippen LogP contribution in [-0.4, -0.2) is 46.7 Å². The lowest BCUT2D eigenvalue weighted by Gasteiger charge is -2.34. The summed E-state index contributed by atoms with van der Waals surface area (Å²) in [6.07, 6.45) is 1.52. The fraction of sp³-hybridized carbons (Fsp3) is 0.375. The molecule has 1 aliphatic heterocycles. The highest BCUT2D eigenvalue weighted by atomic mass is 16.2. The van der Waals surface area contributed by atoms with Crippen LogP contribution in [0, 0.1) is 0 Å². The van der Waals surface area contributed by atoms with Gasteiger partial charge in [-0.05, 0) is 25.0 Å². The summed E-state index contributed by atoms with van der Waals surface area (Å²) in [4.78, 5) is 29.6. The van der Waals surface area contributed by atoms with Crippen molar-refractivity contribution in [2.24, 2.45) is 0 Å². The number of likely N-dealkylation sites (N-methyl/N-ethyl adjacent to an activating group) is 1. The van der Waals surface area contributed by atoms with Gasteiger partial charge in [0.05, 0.1) is 13.1 Å². The number of aromatic amines is 1. The number of para-hydroxylation sites is 1. The van der Waals surface area contributed by atoms with Crippen molar-refractivity contribution in [3.8, 4) is 0 Å². The highest BCUT2D eigenvalue weighted by Crippen LogP contribution is 2.30. The molecule has 0 unspecified atom stereocenters. The first-order valence-electron chi connectivity index (χ1n) is 7.13. The number of H-pyrrole nitrogens is 1.